The van der Waals surface area contributed by atoms with E-state index in [1.54, 1.807) is 23.5 Å². The minimum absolute atomic E-state index is 0.0679. The van der Waals surface area contributed by atoms with Gasteiger partial charge in [0.1, 0.15) is 0 Å². The molecule has 0 spiro atoms. The largest absolute Gasteiger partial charge is 0.416 e. The molecule has 0 aliphatic carbocycles. The van der Waals surface area contributed by atoms with Crippen LogP contribution in [0.5, 0.6) is 0 Å². The van der Waals surface area contributed by atoms with E-state index >= 15 is 0 Å². The zero-order valence-electron chi connectivity index (χ0n) is 12.2. The molecule has 2 aromatic heterocycles. The molecule has 0 aliphatic rings. The van der Waals surface area contributed by atoms with Gasteiger partial charge in [0, 0.05) is 16.6 Å². The van der Waals surface area contributed by atoms with Gasteiger partial charge in [-0.15, -0.1) is 11.3 Å². The van der Waals surface area contributed by atoms with Crippen molar-refractivity contribution in [3.63, 3.8) is 0 Å². The predicted octanol–water partition coefficient (Wildman–Crippen LogP) is 4.82. The van der Waals surface area contributed by atoms with Crippen LogP contribution in [-0.2, 0) is 6.18 Å². The van der Waals surface area contributed by atoms with Crippen LogP contribution in [0.15, 0.2) is 54.0 Å². The molecule has 0 saturated heterocycles. The predicted molar refractivity (Wildman–Crippen MR) is 86.6 cm³/mol. The van der Waals surface area contributed by atoms with Crippen LogP contribution in [0.4, 0.5) is 13.2 Å². The highest BCUT2D eigenvalue weighted by atomic mass is 32.1. The van der Waals surface area contributed by atoms with Gasteiger partial charge in [-0.25, -0.2) is 4.68 Å². The maximum Gasteiger partial charge on any atom is 0.416 e. The molecule has 3 rings (SSSR count). The van der Waals surface area contributed by atoms with Gasteiger partial charge in [-0.3, -0.25) is 4.79 Å². The van der Waals surface area contributed by atoms with E-state index in [0.29, 0.717) is 5.69 Å². The Hall–Kier alpha value is -2.67. The Labute approximate surface area is 139 Å². The lowest BCUT2D eigenvalue weighted by Crippen LogP contribution is -2.14. The molecule has 3 aromatic rings. The van der Waals surface area contributed by atoms with Gasteiger partial charge in [0.25, 0.3) is 5.91 Å². The van der Waals surface area contributed by atoms with Crippen molar-refractivity contribution in [3.8, 4) is 0 Å². The Bertz CT molecular complexity index is 879. The standard InChI is InChI=1S/C17H11F3N2OS/c18-17(19,20)13-4-1-3-12(11-13)16(23)22-9-8-14(21-22)6-7-15-5-2-10-24-15/h1-11H/b7-6+. The molecule has 0 atom stereocenters. The zero-order chi connectivity index (χ0) is 17.2. The fourth-order valence-electron chi connectivity index (χ4n) is 2.05. The first-order valence-electron chi connectivity index (χ1n) is 6.93. The van der Waals surface area contributed by atoms with Crippen LogP contribution >= 0.6 is 11.3 Å². The van der Waals surface area contributed by atoms with E-state index in [9.17, 15) is 18.0 Å². The van der Waals surface area contributed by atoms with E-state index in [1.165, 1.54) is 18.3 Å². The van der Waals surface area contributed by atoms with Gasteiger partial charge in [0.05, 0.1) is 11.3 Å². The van der Waals surface area contributed by atoms with E-state index in [1.807, 2.05) is 23.6 Å². The molecule has 2 heterocycles. The van der Waals surface area contributed by atoms with Crippen molar-refractivity contribution in [1.29, 1.82) is 0 Å². The van der Waals surface area contributed by atoms with Crippen molar-refractivity contribution >= 4 is 29.4 Å². The molecule has 0 aliphatic heterocycles. The number of hydrogen-bond acceptors (Lipinski definition) is 3. The van der Waals surface area contributed by atoms with Crippen molar-refractivity contribution in [2.24, 2.45) is 0 Å². The number of nitrogens with zero attached hydrogens (tertiary/aromatic N) is 2. The lowest BCUT2D eigenvalue weighted by atomic mass is 10.1. The van der Waals surface area contributed by atoms with Crippen LogP contribution in [0.2, 0.25) is 0 Å². The monoisotopic (exact) mass is 348 g/mol. The number of aromatic nitrogens is 2. The highest BCUT2D eigenvalue weighted by Crippen LogP contribution is 2.29. The SMILES string of the molecule is O=C(c1cccc(C(F)(F)F)c1)n1ccc(/C=C/c2cccs2)n1. The van der Waals surface area contributed by atoms with Gasteiger partial charge >= 0.3 is 6.18 Å². The normalized spacial score (nSPS) is 12.0. The third kappa shape index (κ3) is 3.62. The van der Waals surface area contributed by atoms with Gasteiger partial charge in [0.2, 0.25) is 0 Å². The van der Waals surface area contributed by atoms with E-state index in [0.717, 1.165) is 21.7 Å². The lowest BCUT2D eigenvalue weighted by molar-refractivity contribution is -0.137. The minimum Gasteiger partial charge on any atom is -0.267 e. The van der Waals surface area contributed by atoms with E-state index < -0.39 is 17.6 Å². The molecular formula is C17H11F3N2OS. The number of carbonyl (C=O) groups is 1. The number of rotatable bonds is 3. The fraction of sp³-hybridized carbons (Fsp3) is 0.0588. The molecule has 0 fully saturated rings. The summed E-state index contributed by atoms with van der Waals surface area (Å²) in [5.41, 5.74) is -0.385. The maximum atomic E-state index is 12.7. The molecule has 0 unspecified atom stereocenters. The topological polar surface area (TPSA) is 34.9 Å². The summed E-state index contributed by atoms with van der Waals surface area (Å²) in [6.45, 7) is 0. The van der Waals surface area contributed by atoms with Crippen LogP contribution < -0.4 is 0 Å². The number of carbonyl (C=O) groups excluding carboxylic acids is 1. The molecule has 0 saturated carbocycles. The number of hydrogen-bond donors (Lipinski definition) is 0. The molecule has 3 nitrogen and oxygen atoms in total. The van der Waals surface area contributed by atoms with Crippen molar-refractivity contribution in [3.05, 3.63) is 75.7 Å². The number of alkyl halides is 3. The van der Waals surface area contributed by atoms with E-state index in [4.69, 9.17) is 0 Å². The van der Waals surface area contributed by atoms with Crippen molar-refractivity contribution in [2.45, 2.75) is 6.18 Å². The summed E-state index contributed by atoms with van der Waals surface area (Å²) in [6, 6.07) is 9.76. The molecule has 7 heteroatoms. The number of benzene rings is 1. The molecule has 0 N–H and O–H groups in total. The molecule has 24 heavy (non-hydrogen) atoms. The molecule has 0 radical (unpaired) electrons. The Morgan fingerprint density at radius 3 is 2.67 bits per heavy atom. The first-order valence-corrected chi connectivity index (χ1v) is 7.81. The highest BCUT2D eigenvalue weighted by molar-refractivity contribution is 7.10. The quantitative estimate of drug-likeness (QED) is 0.680. The van der Waals surface area contributed by atoms with Crippen LogP contribution in [0, 0.1) is 0 Å². The summed E-state index contributed by atoms with van der Waals surface area (Å²) >= 11 is 1.56. The van der Waals surface area contributed by atoms with Crippen molar-refractivity contribution < 1.29 is 18.0 Å². The summed E-state index contributed by atoms with van der Waals surface area (Å²) < 4.78 is 39.2. The number of thiophene rings is 1. The Balaban J connectivity index is 1.81. The summed E-state index contributed by atoms with van der Waals surface area (Å²) in [5.74, 6) is -0.614. The Morgan fingerprint density at radius 2 is 1.96 bits per heavy atom. The van der Waals surface area contributed by atoms with Crippen molar-refractivity contribution in [2.75, 3.05) is 0 Å². The second kappa shape index (κ2) is 6.45. The summed E-state index contributed by atoms with van der Waals surface area (Å²) in [5, 5.41) is 6.02. The second-order valence-corrected chi connectivity index (χ2v) is 5.90. The van der Waals surface area contributed by atoms with Crippen LogP contribution in [0.1, 0.15) is 26.5 Å². The van der Waals surface area contributed by atoms with Gasteiger partial charge in [-0.05, 0) is 47.9 Å². The summed E-state index contributed by atoms with van der Waals surface area (Å²) in [7, 11) is 0. The number of halogens is 3. The zero-order valence-corrected chi connectivity index (χ0v) is 13.0. The molecule has 122 valence electrons. The molecule has 0 bridgehead atoms. The first-order chi connectivity index (χ1) is 11.4. The average molecular weight is 348 g/mol. The molecule has 0 amide bonds. The second-order valence-electron chi connectivity index (χ2n) is 4.92. The van der Waals surface area contributed by atoms with E-state index in [-0.39, 0.29) is 5.56 Å². The van der Waals surface area contributed by atoms with Gasteiger partial charge < -0.3 is 0 Å². The van der Waals surface area contributed by atoms with Crippen LogP contribution in [0.25, 0.3) is 12.2 Å². The Kier molecular flexibility index (Phi) is 4.35. The van der Waals surface area contributed by atoms with Crippen LogP contribution in [-0.4, -0.2) is 15.7 Å². The smallest absolute Gasteiger partial charge is 0.267 e. The van der Waals surface area contributed by atoms with E-state index in [2.05, 4.69) is 5.10 Å². The summed E-state index contributed by atoms with van der Waals surface area (Å²) in [4.78, 5) is 13.3. The molecular weight excluding hydrogens is 337 g/mol. The minimum atomic E-state index is -4.49. The average Bonchev–Trinajstić information content (AvgIpc) is 3.23. The maximum absolute atomic E-state index is 12.7. The van der Waals surface area contributed by atoms with Crippen molar-refractivity contribution in [1.82, 2.24) is 9.78 Å². The Morgan fingerprint density at radius 1 is 1.12 bits per heavy atom. The van der Waals surface area contributed by atoms with Gasteiger partial charge in [0.15, 0.2) is 0 Å². The highest BCUT2D eigenvalue weighted by Gasteiger charge is 2.31. The molecule has 1 aromatic carbocycles. The van der Waals surface area contributed by atoms with Gasteiger partial charge in [-0.1, -0.05) is 12.1 Å². The fourth-order valence-corrected chi connectivity index (χ4v) is 2.67. The third-order valence-corrected chi connectivity index (χ3v) is 4.05. The third-order valence-electron chi connectivity index (χ3n) is 3.22. The van der Waals surface area contributed by atoms with Gasteiger partial charge in [-0.2, -0.15) is 18.3 Å². The lowest BCUT2D eigenvalue weighted by Gasteiger charge is -2.07. The van der Waals surface area contributed by atoms with Crippen LogP contribution in [0.3, 0.4) is 0 Å². The first kappa shape index (κ1) is 16.2. The summed E-state index contributed by atoms with van der Waals surface area (Å²) in [6.07, 6.45) is 0.527.